The minimum atomic E-state index is -0.342. The zero-order valence-electron chi connectivity index (χ0n) is 11.2. The van der Waals surface area contributed by atoms with Crippen LogP contribution in [-0.4, -0.2) is 23.2 Å². The monoisotopic (exact) mass is 269 g/mol. The first-order chi connectivity index (χ1) is 9.69. The molecular formula is C16H15NO3. The SMILES string of the molecule is COC(=O)c1ccc2c(c1)-c1ccc(O)nc1CCC2. The average molecular weight is 269 g/mol. The Morgan fingerprint density at radius 3 is 2.85 bits per heavy atom. The summed E-state index contributed by atoms with van der Waals surface area (Å²) in [6, 6.07) is 9.07. The smallest absolute Gasteiger partial charge is 0.337 e. The van der Waals surface area contributed by atoms with E-state index in [1.165, 1.54) is 12.7 Å². The van der Waals surface area contributed by atoms with E-state index in [2.05, 4.69) is 4.98 Å². The predicted molar refractivity (Wildman–Crippen MR) is 74.7 cm³/mol. The van der Waals surface area contributed by atoms with Crippen LogP contribution in [0.5, 0.6) is 5.88 Å². The van der Waals surface area contributed by atoms with Gasteiger partial charge in [-0.05, 0) is 48.6 Å². The molecule has 102 valence electrons. The van der Waals surface area contributed by atoms with Gasteiger partial charge in [0.2, 0.25) is 5.88 Å². The Labute approximate surface area is 117 Å². The second-order valence-electron chi connectivity index (χ2n) is 4.88. The second-order valence-corrected chi connectivity index (χ2v) is 4.88. The number of aromatic hydroxyl groups is 1. The van der Waals surface area contributed by atoms with Gasteiger partial charge in [0, 0.05) is 11.6 Å². The van der Waals surface area contributed by atoms with Gasteiger partial charge < -0.3 is 9.84 Å². The lowest BCUT2D eigenvalue weighted by molar-refractivity contribution is 0.0601. The molecule has 0 spiro atoms. The number of ether oxygens (including phenoxy) is 1. The van der Waals surface area contributed by atoms with E-state index in [1.54, 1.807) is 12.1 Å². The number of hydrogen-bond donors (Lipinski definition) is 1. The summed E-state index contributed by atoms with van der Waals surface area (Å²) < 4.78 is 4.77. The molecule has 3 rings (SSSR count). The molecule has 0 amide bonds. The van der Waals surface area contributed by atoms with Gasteiger partial charge in [-0.3, -0.25) is 0 Å². The van der Waals surface area contributed by atoms with Gasteiger partial charge in [0.05, 0.1) is 18.4 Å². The summed E-state index contributed by atoms with van der Waals surface area (Å²) in [4.78, 5) is 15.9. The second kappa shape index (κ2) is 4.96. The Balaban J connectivity index is 2.18. The molecule has 0 unspecified atom stereocenters. The van der Waals surface area contributed by atoms with E-state index >= 15 is 0 Å². The summed E-state index contributed by atoms with van der Waals surface area (Å²) in [5, 5.41) is 9.52. The third-order valence-corrected chi connectivity index (χ3v) is 3.64. The number of pyridine rings is 1. The minimum absolute atomic E-state index is 0.0383. The molecular weight excluding hydrogens is 254 g/mol. The number of rotatable bonds is 1. The van der Waals surface area contributed by atoms with Crippen molar-refractivity contribution in [1.82, 2.24) is 4.98 Å². The van der Waals surface area contributed by atoms with Crippen molar-refractivity contribution in [2.24, 2.45) is 0 Å². The van der Waals surface area contributed by atoms with Gasteiger partial charge in [0.15, 0.2) is 0 Å². The first-order valence-corrected chi connectivity index (χ1v) is 6.59. The van der Waals surface area contributed by atoms with Crippen LogP contribution < -0.4 is 0 Å². The third-order valence-electron chi connectivity index (χ3n) is 3.64. The number of fused-ring (bicyclic) bond motifs is 3. The number of carbonyl (C=O) groups is 1. The fourth-order valence-electron chi connectivity index (χ4n) is 2.66. The maximum Gasteiger partial charge on any atom is 0.337 e. The average Bonchev–Trinajstić information content (AvgIpc) is 2.64. The van der Waals surface area contributed by atoms with Crippen LogP contribution in [0.25, 0.3) is 11.1 Å². The lowest BCUT2D eigenvalue weighted by Crippen LogP contribution is -2.02. The summed E-state index contributed by atoms with van der Waals surface area (Å²) in [5.74, 6) is -0.304. The van der Waals surface area contributed by atoms with Crippen molar-refractivity contribution in [2.45, 2.75) is 19.3 Å². The maximum atomic E-state index is 11.7. The molecule has 20 heavy (non-hydrogen) atoms. The minimum Gasteiger partial charge on any atom is -0.493 e. The molecule has 0 atom stereocenters. The molecule has 0 aliphatic heterocycles. The van der Waals surface area contributed by atoms with E-state index in [0.717, 1.165) is 36.1 Å². The molecule has 1 heterocycles. The number of esters is 1. The topological polar surface area (TPSA) is 59.4 Å². The van der Waals surface area contributed by atoms with Crippen LogP contribution >= 0.6 is 0 Å². The van der Waals surface area contributed by atoms with E-state index in [0.29, 0.717) is 5.56 Å². The number of aryl methyl sites for hydroxylation is 2. The quantitative estimate of drug-likeness (QED) is 0.809. The van der Waals surface area contributed by atoms with Gasteiger partial charge in [-0.25, -0.2) is 9.78 Å². The van der Waals surface area contributed by atoms with Crippen LogP contribution in [0, 0.1) is 0 Å². The molecule has 0 bridgehead atoms. The molecule has 1 aliphatic rings. The molecule has 1 aliphatic carbocycles. The third kappa shape index (κ3) is 2.13. The van der Waals surface area contributed by atoms with E-state index in [9.17, 15) is 9.90 Å². The van der Waals surface area contributed by atoms with Crippen molar-refractivity contribution in [3.63, 3.8) is 0 Å². The van der Waals surface area contributed by atoms with Crippen molar-refractivity contribution < 1.29 is 14.6 Å². The largest absolute Gasteiger partial charge is 0.493 e. The molecule has 0 saturated carbocycles. The summed E-state index contributed by atoms with van der Waals surface area (Å²) in [6.45, 7) is 0. The molecule has 1 aromatic carbocycles. The summed E-state index contributed by atoms with van der Waals surface area (Å²) >= 11 is 0. The number of nitrogens with zero attached hydrogens (tertiary/aromatic N) is 1. The van der Waals surface area contributed by atoms with Crippen molar-refractivity contribution >= 4 is 5.97 Å². The fourth-order valence-corrected chi connectivity index (χ4v) is 2.66. The van der Waals surface area contributed by atoms with Gasteiger partial charge in [-0.1, -0.05) is 6.07 Å². The zero-order chi connectivity index (χ0) is 14.1. The Hall–Kier alpha value is -2.36. The standard InChI is InChI=1S/C16H15NO3/c1-20-16(19)11-6-5-10-3-2-4-14-12(13(10)9-11)7-8-15(18)17-14/h5-9H,2-4H2,1H3,(H,17,18). The number of benzene rings is 1. The van der Waals surface area contributed by atoms with Crippen molar-refractivity contribution in [1.29, 1.82) is 0 Å². The summed E-state index contributed by atoms with van der Waals surface area (Å²) in [6.07, 6.45) is 2.74. The van der Waals surface area contributed by atoms with Gasteiger partial charge >= 0.3 is 5.97 Å². The highest BCUT2D eigenvalue weighted by Gasteiger charge is 2.18. The van der Waals surface area contributed by atoms with Crippen LogP contribution in [0.4, 0.5) is 0 Å². The number of aromatic nitrogens is 1. The van der Waals surface area contributed by atoms with Gasteiger partial charge in [0.1, 0.15) is 0 Å². The van der Waals surface area contributed by atoms with Crippen LogP contribution in [0.1, 0.15) is 28.0 Å². The molecule has 2 aromatic rings. The van der Waals surface area contributed by atoms with Gasteiger partial charge in [0.25, 0.3) is 0 Å². The highest BCUT2D eigenvalue weighted by Crippen LogP contribution is 2.33. The van der Waals surface area contributed by atoms with Crippen molar-refractivity contribution in [3.8, 4) is 17.0 Å². The first-order valence-electron chi connectivity index (χ1n) is 6.59. The fraction of sp³-hybridized carbons (Fsp3) is 0.250. The van der Waals surface area contributed by atoms with Crippen LogP contribution in [0.3, 0.4) is 0 Å². The molecule has 0 saturated heterocycles. The van der Waals surface area contributed by atoms with E-state index < -0.39 is 0 Å². The molecule has 1 N–H and O–H groups in total. The van der Waals surface area contributed by atoms with Gasteiger partial charge in [-0.2, -0.15) is 0 Å². The molecule has 1 aromatic heterocycles. The summed E-state index contributed by atoms with van der Waals surface area (Å²) in [5.41, 5.74) is 4.61. The van der Waals surface area contributed by atoms with Crippen molar-refractivity contribution in [3.05, 3.63) is 47.2 Å². The summed E-state index contributed by atoms with van der Waals surface area (Å²) in [7, 11) is 1.38. The Morgan fingerprint density at radius 2 is 2.05 bits per heavy atom. The molecule has 4 heteroatoms. The number of methoxy groups -OCH3 is 1. The highest BCUT2D eigenvalue weighted by molar-refractivity contribution is 5.91. The number of carbonyl (C=O) groups excluding carboxylic acids is 1. The Kier molecular flexibility index (Phi) is 3.14. The van der Waals surface area contributed by atoms with Crippen LogP contribution in [0.2, 0.25) is 0 Å². The number of hydrogen-bond acceptors (Lipinski definition) is 4. The van der Waals surface area contributed by atoms with E-state index in [-0.39, 0.29) is 11.8 Å². The van der Waals surface area contributed by atoms with Crippen LogP contribution in [-0.2, 0) is 17.6 Å². The first kappa shape index (κ1) is 12.7. The lowest BCUT2D eigenvalue weighted by Gasteiger charge is -2.10. The molecule has 0 fully saturated rings. The van der Waals surface area contributed by atoms with Gasteiger partial charge in [-0.15, -0.1) is 0 Å². The normalized spacial score (nSPS) is 13.1. The lowest BCUT2D eigenvalue weighted by atomic mass is 9.97. The maximum absolute atomic E-state index is 11.7. The Bertz CT molecular complexity index is 679. The Morgan fingerprint density at radius 1 is 1.20 bits per heavy atom. The molecule has 0 radical (unpaired) electrons. The van der Waals surface area contributed by atoms with E-state index in [4.69, 9.17) is 4.74 Å². The van der Waals surface area contributed by atoms with Crippen LogP contribution in [0.15, 0.2) is 30.3 Å². The predicted octanol–water partition coefficient (Wildman–Crippen LogP) is 2.73. The zero-order valence-corrected chi connectivity index (χ0v) is 11.2. The highest BCUT2D eigenvalue weighted by atomic mass is 16.5. The molecule has 4 nitrogen and oxygen atoms in total. The van der Waals surface area contributed by atoms with Crippen molar-refractivity contribution in [2.75, 3.05) is 7.11 Å². The van der Waals surface area contributed by atoms with E-state index in [1.807, 2.05) is 18.2 Å².